The van der Waals surface area contributed by atoms with Gasteiger partial charge in [-0.25, -0.2) is 4.39 Å². The minimum atomic E-state index is -3.59. The van der Waals surface area contributed by atoms with Crippen LogP contribution in [0.2, 0.25) is 0 Å². The van der Waals surface area contributed by atoms with E-state index in [4.69, 9.17) is 0 Å². The first-order valence-corrected chi connectivity index (χ1v) is 11.2. The molecule has 29 heavy (non-hydrogen) atoms. The lowest BCUT2D eigenvalue weighted by Crippen LogP contribution is -2.47. The van der Waals surface area contributed by atoms with Crippen molar-refractivity contribution in [2.45, 2.75) is 19.4 Å². The van der Waals surface area contributed by atoms with Crippen molar-refractivity contribution in [3.8, 4) is 0 Å². The van der Waals surface area contributed by atoms with Crippen LogP contribution in [0.15, 0.2) is 48.5 Å². The second-order valence-electron chi connectivity index (χ2n) is 7.41. The maximum absolute atomic E-state index is 13.2. The van der Waals surface area contributed by atoms with Gasteiger partial charge in [0.05, 0.1) is 0 Å². The summed E-state index contributed by atoms with van der Waals surface area (Å²) in [5.74, 6) is -0.589. The molecule has 2 aliphatic heterocycles. The average Bonchev–Trinajstić information content (AvgIpc) is 3.00. The summed E-state index contributed by atoms with van der Waals surface area (Å²) in [5.41, 5.74) is 2.66. The van der Waals surface area contributed by atoms with Gasteiger partial charge in [0, 0.05) is 44.8 Å². The van der Waals surface area contributed by atoms with E-state index in [0.29, 0.717) is 51.1 Å². The largest absolute Gasteiger partial charge is 0.337 e. The van der Waals surface area contributed by atoms with E-state index in [1.807, 2.05) is 24.3 Å². The van der Waals surface area contributed by atoms with Gasteiger partial charge in [0.25, 0.3) is 16.1 Å². The number of nitrogens with zero attached hydrogens (tertiary/aromatic N) is 3. The fourth-order valence-electron chi connectivity index (χ4n) is 3.93. The van der Waals surface area contributed by atoms with Gasteiger partial charge in [0.15, 0.2) is 0 Å². The number of hydrogen-bond donors (Lipinski definition) is 0. The lowest BCUT2D eigenvalue weighted by Gasteiger charge is -2.32. The molecule has 2 aromatic rings. The van der Waals surface area contributed by atoms with E-state index in [1.54, 1.807) is 4.90 Å². The fourth-order valence-corrected chi connectivity index (χ4v) is 5.56. The zero-order valence-electron chi connectivity index (χ0n) is 16.1. The molecule has 4 rings (SSSR count). The van der Waals surface area contributed by atoms with E-state index in [2.05, 4.69) is 0 Å². The molecule has 0 aliphatic carbocycles. The normalized spacial score (nSPS) is 18.9. The highest BCUT2D eigenvalue weighted by molar-refractivity contribution is 7.86. The second-order valence-corrected chi connectivity index (χ2v) is 9.34. The Balaban J connectivity index is 1.44. The van der Waals surface area contributed by atoms with E-state index in [-0.39, 0.29) is 12.5 Å². The summed E-state index contributed by atoms with van der Waals surface area (Å²) < 4.78 is 42.5. The molecular weight excluding hydrogens is 393 g/mol. The van der Waals surface area contributed by atoms with Crippen LogP contribution in [0, 0.1) is 5.82 Å². The predicted octanol–water partition coefficient (Wildman–Crippen LogP) is 2.28. The standard InChI is InChI=1S/C21H24FN3O3S/c22-20-8-6-18(7-9-20)21(26)23-11-3-12-24(15-14-23)29(27,28)25-13-10-17-4-1-2-5-19(17)16-25/h1-2,4-9H,3,10-16H2. The Morgan fingerprint density at radius 2 is 1.55 bits per heavy atom. The molecule has 1 fully saturated rings. The van der Waals surface area contributed by atoms with E-state index in [1.165, 1.54) is 38.4 Å². The monoisotopic (exact) mass is 417 g/mol. The summed E-state index contributed by atoms with van der Waals surface area (Å²) in [6.07, 6.45) is 1.27. The molecule has 154 valence electrons. The van der Waals surface area contributed by atoms with Crippen LogP contribution in [0.25, 0.3) is 0 Å². The van der Waals surface area contributed by atoms with E-state index in [9.17, 15) is 17.6 Å². The maximum atomic E-state index is 13.2. The smallest absolute Gasteiger partial charge is 0.282 e. The number of rotatable bonds is 3. The van der Waals surface area contributed by atoms with Gasteiger partial charge in [-0.1, -0.05) is 24.3 Å². The van der Waals surface area contributed by atoms with Crippen molar-refractivity contribution < 1.29 is 17.6 Å². The first kappa shape index (κ1) is 20.0. The molecule has 6 nitrogen and oxygen atoms in total. The van der Waals surface area contributed by atoms with Gasteiger partial charge in [-0.15, -0.1) is 0 Å². The van der Waals surface area contributed by atoms with Crippen LogP contribution < -0.4 is 0 Å². The molecule has 0 atom stereocenters. The Labute approximate surface area is 170 Å². The van der Waals surface area contributed by atoms with Crippen LogP contribution in [0.3, 0.4) is 0 Å². The Morgan fingerprint density at radius 3 is 2.31 bits per heavy atom. The summed E-state index contributed by atoms with van der Waals surface area (Å²) in [7, 11) is -3.59. The van der Waals surface area contributed by atoms with Crippen molar-refractivity contribution in [2.24, 2.45) is 0 Å². The second kappa shape index (κ2) is 8.22. The lowest BCUT2D eigenvalue weighted by molar-refractivity contribution is 0.0764. The maximum Gasteiger partial charge on any atom is 0.282 e. The first-order chi connectivity index (χ1) is 13.9. The number of hydrogen-bond acceptors (Lipinski definition) is 3. The molecule has 0 bridgehead atoms. The van der Waals surface area contributed by atoms with Gasteiger partial charge < -0.3 is 4.90 Å². The third kappa shape index (κ3) is 4.19. The number of benzene rings is 2. The molecule has 2 heterocycles. The Bertz CT molecular complexity index is 994. The molecule has 1 saturated heterocycles. The van der Waals surface area contributed by atoms with Crippen molar-refractivity contribution >= 4 is 16.1 Å². The highest BCUT2D eigenvalue weighted by atomic mass is 32.2. The highest BCUT2D eigenvalue weighted by Crippen LogP contribution is 2.23. The van der Waals surface area contributed by atoms with Crippen LogP contribution in [-0.2, 0) is 23.2 Å². The Kier molecular flexibility index (Phi) is 5.67. The number of amides is 1. The van der Waals surface area contributed by atoms with Gasteiger partial charge in [0.2, 0.25) is 0 Å². The summed E-state index contributed by atoms with van der Waals surface area (Å²) in [4.78, 5) is 14.3. The summed E-state index contributed by atoms with van der Waals surface area (Å²) in [6.45, 7) is 2.29. The van der Waals surface area contributed by atoms with Gasteiger partial charge in [-0.3, -0.25) is 4.79 Å². The average molecular weight is 418 g/mol. The zero-order valence-corrected chi connectivity index (χ0v) is 16.9. The van der Waals surface area contributed by atoms with Gasteiger partial charge in [0.1, 0.15) is 5.82 Å². The summed E-state index contributed by atoms with van der Waals surface area (Å²) in [5, 5.41) is 0. The van der Waals surface area contributed by atoms with Crippen LogP contribution in [0.1, 0.15) is 27.9 Å². The molecule has 1 amide bonds. The number of carbonyl (C=O) groups excluding carboxylic acids is 1. The van der Waals surface area contributed by atoms with Crippen molar-refractivity contribution in [2.75, 3.05) is 32.7 Å². The number of halogens is 1. The van der Waals surface area contributed by atoms with E-state index < -0.39 is 16.0 Å². The topological polar surface area (TPSA) is 60.9 Å². The van der Waals surface area contributed by atoms with E-state index >= 15 is 0 Å². The number of carbonyl (C=O) groups is 1. The predicted molar refractivity (Wildman–Crippen MR) is 108 cm³/mol. The van der Waals surface area contributed by atoms with Gasteiger partial charge in [-0.05, 0) is 48.2 Å². The molecule has 0 saturated carbocycles. The SMILES string of the molecule is O=C(c1ccc(F)cc1)N1CCCN(S(=O)(=O)N2CCc3ccccc3C2)CC1. The molecule has 0 radical (unpaired) electrons. The van der Waals surface area contributed by atoms with Crippen LogP contribution in [0.4, 0.5) is 4.39 Å². The molecule has 0 aromatic heterocycles. The molecule has 8 heteroatoms. The Hall–Kier alpha value is -2.29. The fraction of sp³-hybridized carbons (Fsp3) is 0.381. The molecule has 2 aliphatic rings. The van der Waals surface area contributed by atoms with Gasteiger partial charge in [-0.2, -0.15) is 17.0 Å². The summed E-state index contributed by atoms with van der Waals surface area (Å²) >= 11 is 0. The Morgan fingerprint density at radius 1 is 0.828 bits per heavy atom. The molecular formula is C21H24FN3O3S. The molecule has 0 unspecified atom stereocenters. The molecule has 0 N–H and O–H groups in total. The molecule has 2 aromatic carbocycles. The molecule has 0 spiro atoms. The van der Waals surface area contributed by atoms with Gasteiger partial charge >= 0.3 is 0 Å². The summed E-state index contributed by atoms with van der Waals surface area (Å²) in [6, 6.07) is 13.4. The number of fused-ring (bicyclic) bond motifs is 1. The zero-order chi connectivity index (χ0) is 20.4. The van der Waals surface area contributed by atoms with Crippen LogP contribution in [0.5, 0.6) is 0 Å². The van der Waals surface area contributed by atoms with Crippen molar-refractivity contribution in [3.05, 3.63) is 71.0 Å². The van der Waals surface area contributed by atoms with Crippen molar-refractivity contribution in [1.82, 2.24) is 13.5 Å². The van der Waals surface area contributed by atoms with E-state index in [0.717, 1.165) is 5.56 Å². The minimum absolute atomic E-state index is 0.198. The van der Waals surface area contributed by atoms with Crippen LogP contribution in [-0.4, -0.2) is 60.6 Å². The quantitative estimate of drug-likeness (QED) is 0.770. The minimum Gasteiger partial charge on any atom is -0.337 e. The third-order valence-corrected chi connectivity index (χ3v) is 7.56. The third-order valence-electron chi connectivity index (χ3n) is 5.58. The van der Waals surface area contributed by atoms with Crippen molar-refractivity contribution in [1.29, 1.82) is 0 Å². The van der Waals surface area contributed by atoms with Crippen molar-refractivity contribution in [3.63, 3.8) is 0 Å². The van der Waals surface area contributed by atoms with Crippen LogP contribution >= 0.6 is 0 Å². The highest BCUT2D eigenvalue weighted by Gasteiger charge is 2.33. The lowest BCUT2D eigenvalue weighted by atomic mass is 10.0. The first-order valence-electron chi connectivity index (χ1n) is 9.82.